The van der Waals surface area contributed by atoms with Crippen LogP contribution < -0.4 is 10.9 Å². The number of piperidine rings is 1. The molecule has 1 aliphatic heterocycles. The summed E-state index contributed by atoms with van der Waals surface area (Å²) >= 11 is 6.93. The first-order valence-electron chi connectivity index (χ1n) is 8.27. The van der Waals surface area contributed by atoms with Crippen LogP contribution in [0.1, 0.15) is 23.2 Å². The van der Waals surface area contributed by atoms with Crippen LogP contribution in [0.25, 0.3) is 0 Å². The number of hydrogen-bond acceptors (Lipinski definition) is 5. The maximum Gasteiger partial charge on any atom is 0.269 e. The van der Waals surface area contributed by atoms with Gasteiger partial charge >= 0.3 is 0 Å². The molecule has 1 atom stereocenters. The van der Waals surface area contributed by atoms with E-state index in [9.17, 15) is 18.0 Å². The summed E-state index contributed by atoms with van der Waals surface area (Å²) in [5.74, 6) is -1.42. The Morgan fingerprint density at radius 2 is 1.89 bits per heavy atom. The zero-order chi connectivity index (χ0) is 19.4. The average Bonchev–Trinajstić information content (AvgIpc) is 3.22. The van der Waals surface area contributed by atoms with Gasteiger partial charge in [0.15, 0.2) is 0 Å². The molecule has 1 aromatic heterocycles. The van der Waals surface area contributed by atoms with E-state index in [1.165, 1.54) is 4.31 Å². The van der Waals surface area contributed by atoms with Gasteiger partial charge in [0.25, 0.3) is 15.9 Å². The number of benzene rings is 1. The van der Waals surface area contributed by atoms with E-state index in [1.807, 2.05) is 0 Å². The topological polar surface area (TPSA) is 95.6 Å². The van der Waals surface area contributed by atoms with Crippen LogP contribution in [0, 0.1) is 5.92 Å². The molecule has 1 saturated heterocycles. The van der Waals surface area contributed by atoms with Gasteiger partial charge in [0.1, 0.15) is 4.21 Å². The van der Waals surface area contributed by atoms with E-state index in [4.69, 9.17) is 11.6 Å². The molecule has 10 heteroatoms. The van der Waals surface area contributed by atoms with Crippen LogP contribution >= 0.6 is 22.9 Å². The SMILES string of the molecule is O=C(NNC(=O)C1CCCN(S(=O)(=O)c2cccs2)C1)c1ccc(Cl)cc1. The van der Waals surface area contributed by atoms with Gasteiger partial charge in [-0.2, -0.15) is 4.31 Å². The Morgan fingerprint density at radius 3 is 2.56 bits per heavy atom. The summed E-state index contributed by atoms with van der Waals surface area (Å²) in [5.41, 5.74) is 5.08. The van der Waals surface area contributed by atoms with Crippen LogP contribution in [-0.4, -0.2) is 37.6 Å². The van der Waals surface area contributed by atoms with Crippen LogP contribution in [0.5, 0.6) is 0 Å². The van der Waals surface area contributed by atoms with Crippen molar-refractivity contribution in [1.82, 2.24) is 15.2 Å². The Kier molecular flexibility index (Phi) is 6.15. The van der Waals surface area contributed by atoms with Crippen molar-refractivity contribution in [2.24, 2.45) is 5.92 Å². The molecule has 27 heavy (non-hydrogen) atoms. The Balaban J connectivity index is 1.58. The minimum atomic E-state index is -3.59. The Bertz CT molecular complexity index is 914. The number of halogens is 1. The Morgan fingerprint density at radius 1 is 1.15 bits per heavy atom. The van der Waals surface area contributed by atoms with E-state index in [2.05, 4.69) is 10.9 Å². The molecular formula is C17H18ClN3O4S2. The first-order valence-corrected chi connectivity index (χ1v) is 11.0. The molecule has 7 nitrogen and oxygen atoms in total. The van der Waals surface area contributed by atoms with Crippen molar-refractivity contribution >= 4 is 44.8 Å². The van der Waals surface area contributed by atoms with Crippen LogP contribution in [0.3, 0.4) is 0 Å². The lowest BCUT2D eigenvalue weighted by Gasteiger charge is -2.30. The number of thiophene rings is 1. The van der Waals surface area contributed by atoms with Crippen molar-refractivity contribution in [1.29, 1.82) is 0 Å². The number of carbonyl (C=O) groups is 2. The van der Waals surface area contributed by atoms with E-state index >= 15 is 0 Å². The normalized spacial score (nSPS) is 18.0. The quantitative estimate of drug-likeness (QED) is 0.731. The highest BCUT2D eigenvalue weighted by Gasteiger charge is 2.33. The number of hydrazine groups is 1. The maximum atomic E-state index is 12.6. The molecule has 1 aliphatic rings. The summed E-state index contributed by atoms with van der Waals surface area (Å²) in [6.07, 6.45) is 1.13. The van der Waals surface area contributed by atoms with Gasteiger partial charge in [0, 0.05) is 23.7 Å². The summed E-state index contributed by atoms with van der Waals surface area (Å²) < 4.78 is 26.8. The minimum Gasteiger partial charge on any atom is -0.273 e. The minimum absolute atomic E-state index is 0.0862. The smallest absolute Gasteiger partial charge is 0.269 e. The Hall–Kier alpha value is -1.94. The van der Waals surface area contributed by atoms with Gasteiger partial charge in [0.2, 0.25) is 5.91 Å². The molecule has 0 aliphatic carbocycles. The number of sulfonamides is 1. The zero-order valence-electron chi connectivity index (χ0n) is 14.2. The summed E-state index contributed by atoms with van der Waals surface area (Å²) in [4.78, 5) is 24.4. The van der Waals surface area contributed by atoms with E-state index < -0.39 is 27.8 Å². The monoisotopic (exact) mass is 427 g/mol. The molecule has 144 valence electrons. The highest BCUT2D eigenvalue weighted by molar-refractivity contribution is 7.91. The zero-order valence-corrected chi connectivity index (χ0v) is 16.6. The summed E-state index contributed by atoms with van der Waals surface area (Å²) in [6, 6.07) is 9.47. The molecule has 2 N–H and O–H groups in total. The molecule has 0 bridgehead atoms. The van der Waals surface area contributed by atoms with E-state index in [0.29, 0.717) is 30.0 Å². The van der Waals surface area contributed by atoms with Crippen molar-refractivity contribution in [3.63, 3.8) is 0 Å². The molecular weight excluding hydrogens is 410 g/mol. The van der Waals surface area contributed by atoms with Crippen LogP contribution in [0.4, 0.5) is 0 Å². The summed E-state index contributed by atoms with van der Waals surface area (Å²) in [5, 5.41) is 2.21. The van der Waals surface area contributed by atoms with Crippen LogP contribution in [0.15, 0.2) is 46.0 Å². The third kappa shape index (κ3) is 4.67. The molecule has 0 spiro atoms. The molecule has 1 fully saturated rings. The molecule has 3 rings (SSSR count). The number of carbonyl (C=O) groups excluding carboxylic acids is 2. The van der Waals surface area contributed by atoms with Crippen LogP contribution in [-0.2, 0) is 14.8 Å². The fourth-order valence-electron chi connectivity index (χ4n) is 2.81. The maximum absolute atomic E-state index is 12.6. The highest BCUT2D eigenvalue weighted by atomic mass is 35.5. The Labute approximate surface area is 166 Å². The van der Waals surface area contributed by atoms with Crippen LogP contribution in [0.2, 0.25) is 5.02 Å². The van der Waals surface area contributed by atoms with Crippen molar-refractivity contribution < 1.29 is 18.0 Å². The number of nitrogens with zero attached hydrogens (tertiary/aromatic N) is 1. The number of hydrogen-bond donors (Lipinski definition) is 2. The highest BCUT2D eigenvalue weighted by Crippen LogP contribution is 2.26. The average molecular weight is 428 g/mol. The third-order valence-corrected chi connectivity index (χ3v) is 7.74. The largest absolute Gasteiger partial charge is 0.273 e. The number of amides is 2. The fraction of sp³-hybridized carbons (Fsp3) is 0.294. The van der Waals surface area contributed by atoms with Gasteiger partial charge in [-0.15, -0.1) is 11.3 Å². The predicted octanol–water partition coefficient (Wildman–Crippen LogP) is 2.26. The first kappa shape index (κ1) is 19.8. The van der Waals surface area contributed by atoms with Gasteiger partial charge in [-0.05, 0) is 48.6 Å². The first-order chi connectivity index (χ1) is 12.9. The van der Waals surface area contributed by atoms with Gasteiger partial charge in [0.05, 0.1) is 5.92 Å². The molecule has 0 radical (unpaired) electrons. The molecule has 0 saturated carbocycles. The van der Waals surface area contributed by atoms with Gasteiger partial charge in [-0.3, -0.25) is 20.4 Å². The van der Waals surface area contributed by atoms with Crippen molar-refractivity contribution in [3.8, 4) is 0 Å². The van der Waals surface area contributed by atoms with Crippen molar-refractivity contribution in [3.05, 3.63) is 52.4 Å². The molecule has 2 heterocycles. The van der Waals surface area contributed by atoms with E-state index in [1.54, 1.807) is 41.8 Å². The lowest BCUT2D eigenvalue weighted by molar-refractivity contribution is -0.126. The lowest BCUT2D eigenvalue weighted by Crippen LogP contribution is -2.49. The molecule has 1 aromatic carbocycles. The number of rotatable bonds is 4. The molecule has 2 aromatic rings. The van der Waals surface area contributed by atoms with Gasteiger partial charge < -0.3 is 0 Å². The number of nitrogens with one attached hydrogen (secondary N) is 2. The summed E-state index contributed by atoms with van der Waals surface area (Å²) in [6.45, 7) is 0.462. The lowest BCUT2D eigenvalue weighted by atomic mass is 9.99. The fourth-order valence-corrected chi connectivity index (χ4v) is 5.60. The molecule has 1 unspecified atom stereocenters. The van der Waals surface area contributed by atoms with E-state index in [-0.39, 0.29) is 10.8 Å². The van der Waals surface area contributed by atoms with Gasteiger partial charge in [-0.1, -0.05) is 17.7 Å². The van der Waals surface area contributed by atoms with Gasteiger partial charge in [-0.25, -0.2) is 8.42 Å². The second kappa shape index (κ2) is 8.39. The molecule has 2 amide bonds. The third-order valence-electron chi connectivity index (χ3n) is 4.25. The van der Waals surface area contributed by atoms with Crippen molar-refractivity contribution in [2.75, 3.05) is 13.1 Å². The summed E-state index contributed by atoms with van der Waals surface area (Å²) in [7, 11) is -3.59. The predicted molar refractivity (Wildman–Crippen MR) is 103 cm³/mol. The second-order valence-corrected chi connectivity index (χ2v) is 9.63. The van der Waals surface area contributed by atoms with E-state index in [0.717, 1.165) is 11.3 Å². The van der Waals surface area contributed by atoms with Crippen molar-refractivity contribution in [2.45, 2.75) is 17.1 Å². The second-order valence-electron chi connectivity index (χ2n) is 6.08. The standard InChI is InChI=1S/C17H18ClN3O4S2/c18-14-7-5-12(6-8-14)16(22)19-20-17(23)13-3-1-9-21(11-13)27(24,25)15-4-2-10-26-15/h2,4-8,10,13H,1,3,9,11H2,(H,19,22)(H,20,23).